The van der Waals surface area contributed by atoms with Gasteiger partial charge in [0.1, 0.15) is 5.75 Å². The number of hydrogen-bond donors (Lipinski definition) is 1. The monoisotopic (exact) mass is 250 g/mol. The summed E-state index contributed by atoms with van der Waals surface area (Å²) in [5.41, 5.74) is 2.35. The van der Waals surface area contributed by atoms with E-state index in [1.54, 1.807) is 14.0 Å². The summed E-state index contributed by atoms with van der Waals surface area (Å²) in [6.07, 6.45) is 1.45. The normalized spacial score (nSPS) is 12.5. The fourth-order valence-corrected chi connectivity index (χ4v) is 1.90. The van der Waals surface area contributed by atoms with Crippen molar-refractivity contribution in [1.29, 1.82) is 0 Å². The summed E-state index contributed by atoms with van der Waals surface area (Å²) in [4.78, 5) is 10.8. The largest absolute Gasteiger partial charge is 0.496 e. The van der Waals surface area contributed by atoms with Crippen LogP contribution in [0.25, 0.3) is 0 Å². The second-order valence-corrected chi connectivity index (χ2v) is 5.01. The van der Waals surface area contributed by atoms with E-state index in [9.17, 15) is 4.79 Å². The van der Waals surface area contributed by atoms with Crippen molar-refractivity contribution in [2.75, 3.05) is 7.11 Å². The van der Waals surface area contributed by atoms with Gasteiger partial charge < -0.3 is 9.84 Å². The Morgan fingerprint density at radius 1 is 1.33 bits per heavy atom. The van der Waals surface area contributed by atoms with E-state index in [4.69, 9.17) is 9.84 Å². The van der Waals surface area contributed by atoms with Gasteiger partial charge in [-0.3, -0.25) is 4.79 Å². The van der Waals surface area contributed by atoms with Crippen LogP contribution in [0.4, 0.5) is 0 Å². The maximum absolute atomic E-state index is 10.8. The Hall–Kier alpha value is -1.51. The molecular formula is C15H22O3. The fourth-order valence-electron chi connectivity index (χ4n) is 1.90. The highest BCUT2D eigenvalue weighted by Gasteiger charge is 2.12. The molecule has 0 heterocycles. The second-order valence-electron chi connectivity index (χ2n) is 5.01. The molecule has 0 aromatic heterocycles. The number of hydrogen-bond acceptors (Lipinski definition) is 2. The van der Waals surface area contributed by atoms with Crippen molar-refractivity contribution >= 4 is 5.97 Å². The minimum absolute atomic E-state index is 0.297. The number of aryl methyl sites for hydroxylation is 1. The predicted octanol–water partition coefficient (Wildman–Crippen LogP) is 3.47. The van der Waals surface area contributed by atoms with Gasteiger partial charge in [-0.05, 0) is 36.0 Å². The average molecular weight is 250 g/mol. The van der Waals surface area contributed by atoms with Gasteiger partial charge >= 0.3 is 5.97 Å². The van der Waals surface area contributed by atoms with Crippen molar-refractivity contribution in [2.24, 2.45) is 5.92 Å². The van der Waals surface area contributed by atoms with Crippen LogP contribution in [0.3, 0.4) is 0 Å². The molecule has 0 bridgehead atoms. The van der Waals surface area contributed by atoms with Crippen LogP contribution in [-0.4, -0.2) is 18.2 Å². The van der Waals surface area contributed by atoms with Crippen molar-refractivity contribution in [3.05, 3.63) is 29.3 Å². The molecule has 0 spiro atoms. The number of rotatable bonds is 6. The SMILES string of the molecule is COc1ccc(CCC(C)C(=O)O)cc1C(C)C. The first-order chi connectivity index (χ1) is 8.45. The lowest BCUT2D eigenvalue weighted by Gasteiger charge is -2.14. The van der Waals surface area contributed by atoms with Crippen LogP contribution in [-0.2, 0) is 11.2 Å². The quantitative estimate of drug-likeness (QED) is 0.840. The van der Waals surface area contributed by atoms with Gasteiger partial charge in [-0.25, -0.2) is 0 Å². The van der Waals surface area contributed by atoms with Gasteiger partial charge in [-0.15, -0.1) is 0 Å². The van der Waals surface area contributed by atoms with Gasteiger partial charge in [0, 0.05) is 0 Å². The Morgan fingerprint density at radius 3 is 2.50 bits per heavy atom. The van der Waals surface area contributed by atoms with Crippen LogP contribution < -0.4 is 4.74 Å². The number of benzene rings is 1. The molecule has 1 atom stereocenters. The van der Waals surface area contributed by atoms with Crippen molar-refractivity contribution < 1.29 is 14.6 Å². The van der Waals surface area contributed by atoms with Gasteiger partial charge in [-0.1, -0.05) is 32.9 Å². The van der Waals surface area contributed by atoms with E-state index in [0.29, 0.717) is 12.3 Å². The molecule has 3 heteroatoms. The minimum Gasteiger partial charge on any atom is -0.496 e. The molecular weight excluding hydrogens is 228 g/mol. The number of carboxylic acids is 1. The molecule has 0 saturated heterocycles. The molecule has 100 valence electrons. The zero-order chi connectivity index (χ0) is 13.7. The third-order valence-corrected chi connectivity index (χ3v) is 3.20. The van der Waals surface area contributed by atoms with E-state index < -0.39 is 5.97 Å². The molecule has 1 aromatic carbocycles. The molecule has 1 N–H and O–H groups in total. The first kappa shape index (κ1) is 14.6. The summed E-state index contributed by atoms with van der Waals surface area (Å²) in [5.74, 6) is 0.277. The van der Waals surface area contributed by atoms with Gasteiger partial charge in [0.05, 0.1) is 13.0 Å². The van der Waals surface area contributed by atoms with Gasteiger partial charge in [0.15, 0.2) is 0 Å². The summed E-state index contributed by atoms with van der Waals surface area (Å²) in [6.45, 7) is 6.00. The molecule has 1 rings (SSSR count). The topological polar surface area (TPSA) is 46.5 Å². The van der Waals surface area contributed by atoms with Crippen molar-refractivity contribution in [3.63, 3.8) is 0 Å². The van der Waals surface area contributed by atoms with Gasteiger partial charge in [-0.2, -0.15) is 0 Å². The standard InChI is InChI=1S/C15H22O3/c1-10(2)13-9-12(7-8-14(13)18-4)6-5-11(3)15(16)17/h7-11H,5-6H2,1-4H3,(H,16,17). The van der Waals surface area contributed by atoms with E-state index in [2.05, 4.69) is 19.9 Å². The molecule has 0 saturated carbocycles. The average Bonchev–Trinajstić information content (AvgIpc) is 2.35. The highest BCUT2D eigenvalue weighted by Crippen LogP contribution is 2.28. The molecule has 0 fully saturated rings. The Labute approximate surface area is 109 Å². The summed E-state index contributed by atoms with van der Waals surface area (Å²) in [6, 6.07) is 6.10. The Bertz CT molecular complexity index is 410. The maximum Gasteiger partial charge on any atom is 0.306 e. The van der Waals surface area contributed by atoms with Crippen molar-refractivity contribution in [2.45, 2.75) is 39.5 Å². The zero-order valence-corrected chi connectivity index (χ0v) is 11.6. The summed E-state index contributed by atoms with van der Waals surface area (Å²) in [7, 11) is 1.67. The number of carbonyl (C=O) groups is 1. The van der Waals surface area contributed by atoms with Gasteiger partial charge in [0.25, 0.3) is 0 Å². The minimum atomic E-state index is -0.729. The summed E-state index contributed by atoms with van der Waals surface area (Å²) in [5, 5.41) is 8.87. The molecule has 0 amide bonds. The lowest BCUT2D eigenvalue weighted by Crippen LogP contribution is -2.10. The first-order valence-corrected chi connectivity index (χ1v) is 6.35. The van der Waals surface area contributed by atoms with Crippen LogP contribution in [0.2, 0.25) is 0 Å². The van der Waals surface area contributed by atoms with E-state index >= 15 is 0 Å². The molecule has 18 heavy (non-hydrogen) atoms. The lowest BCUT2D eigenvalue weighted by molar-refractivity contribution is -0.141. The van der Waals surface area contributed by atoms with E-state index in [1.165, 1.54) is 11.1 Å². The molecule has 0 aliphatic heterocycles. The smallest absolute Gasteiger partial charge is 0.306 e. The fraction of sp³-hybridized carbons (Fsp3) is 0.533. The van der Waals surface area contributed by atoms with Crippen LogP contribution in [0.1, 0.15) is 44.2 Å². The van der Waals surface area contributed by atoms with E-state index in [-0.39, 0.29) is 5.92 Å². The molecule has 3 nitrogen and oxygen atoms in total. The molecule has 0 radical (unpaired) electrons. The Kier molecular flexibility index (Phi) is 5.20. The highest BCUT2D eigenvalue weighted by atomic mass is 16.5. The molecule has 1 unspecified atom stereocenters. The number of carboxylic acid groups (broad SMARTS) is 1. The molecule has 0 aliphatic rings. The number of aliphatic carboxylic acids is 1. The van der Waals surface area contributed by atoms with Crippen molar-refractivity contribution in [3.8, 4) is 5.75 Å². The molecule has 1 aromatic rings. The first-order valence-electron chi connectivity index (χ1n) is 6.35. The number of methoxy groups -OCH3 is 1. The summed E-state index contributed by atoms with van der Waals surface area (Å²) >= 11 is 0. The van der Waals surface area contributed by atoms with Crippen LogP contribution in [0.15, 0.2) is 18.2 Å². The van der Waals surface area contributed by atoms with Crippen molar-refractivity contribution in [1.82, 2.24) is 0 Å². The van der Waals surface area contributed by atoms with E-state index in [0.717, 1.165) is 12.2 Å². The van der Waals surface area contributed by atoms with E-state index in [1.807, 2.05) is 12.1 Å². The highest BCUT2D eigenvalue weighted by molar-refractivity contribution is 5.69. The lowest BCUT2D eigenvalue weighted by atomic mass is 9.95. The van der Waals surface area contributed by atoms with Crippen LogP contribution >= 0.6 is 0 Å². The van der Waals surface area contributed by atoms with Gasteiger partial charge in [0.2, 0.25) is 0 Å². The Balaban J connectivity index is 2.79. The third kappa shape index (κ3) is 3.76. The van der Waals surface area contributed by atoms with Crippen LogP contribution in [0.5, 0.6) is 5.75 Å². The zero-order valence-electron chi connectivity index (χ0n) is 11.6. The third-order valence-electron chi connectivity index (χ3n) is 3.20. The molecule has 0 aliphatic carbocycles. The number of ether oxygens (including phenoxy) is 1. The predicted molar refractivity (Wildman–Crippen MR) is 72.2 cm³/mol. The van der Waals surface area contributed by atoms with Crippen LogP contribution in [0, 0.1) is 5.92 Å². The Morgan fingerprint density at radius 2 is 2.00 bits per heavy atom. The summed E-state index contributed by atoms with van der Waals surface area (Å²) < 4.78 is 5.33. The second kappa shape index (κ2) is 6.43. The maximum atomic E-state index is 10.8.